The van der Waals surface area contributed by atoms with Gasteiger partial charge in [0.25, 0.3) is 0 Å². The molecule has 0 aliphatic heterocycles. The fourth-order valence-corrected chi connectivity index (χ4v) is 2.78. The van der Waals surface area contributed by atoms with Crippen LogP contribution >= 0.6 is 0 Å². The van der Waals surface area contributed by atoms with Crippen LogP contribution in [0.5, 0.6) is 0 Å². The predicted octanol–water partition coefficient (Wildman–Crippen LogP) is 4.46. The minimum Gasteiger partial charge on any atom is -0.276 e. The van der Waals surface area contributed by atoms with Crippen LogP contribution in [0.2, 0.25) is 0 Å². The highest BCUT2D eigenvalue weighted by molar-refractivity contribution is 5.82. The van der Waals surface area contributed by atoms with E-state index in [1.807, 2.05) is 71.3 Å². The third-order valence-electron chi connectivity index (χ3n) is 3.93. The van der Waals surface area contributed by atoms with Gasteiger partial charge >= 0.3 is 0 Å². The van der Waals surface area contributed by atoms with Crippen LogP contribution in [0, 0.1) is 11.3 Å². The molecule has 4 rings (SSSR count). The normalized spacial score (nSPS) is 11.0. The number of aromatic nitrogens is 3. The molecule has 118 valence electrons. The van der Waals surface area contributed by atoms with Crippen LogP contribution in [0.1, 0.15) is 17.0 Å². The van der Waals surface area contributed by atoms with Gasteiger partial charge in [0.05, 0.1) is 16.6 Å². The van der Waals surface area contributed by atoms with Crippen molar-refractivity contribution in [1.82, 2.24) is 14.5 Å². The van der Waals surface area contributed by atoms with Gasteiger partial charge in [-0.2, -0.15) is 5.26 Å². The lowest BCUT2D eigenvalue weighted by Crippen LogP contribution is -2.02. The molecule has 0 radical (unpaired) electrons. The SMILES string of the molecule is N#Cc1cccnc1-n1c(C=Cc2ccccc2)nc2ccccc21. The molecule has 0 unspecified atom stereocenters. The summed E-state index contributed by atoms with van der Waals surface area (Å²) in [5.41, 5.74) is 3.39. The fraction of sp³-hybridized carbons (Fsp3) is 0. The number of fused-ring (bicyclic) bond motifs is 1. The van der Waals surface area contributed by atoms with Gasteiger partial charge in [-0.05, 0) is 35.9 Å². The van der Waals surface area contributed by atoms with Crippen LogP contribution < -0.4 is 0 Å². The Morgan fingerprint density at radius 1 is 0.880 bits per heavy atom. The van der Waals surface area contributed by atoms with E-state index in [0.29, 0.717) is 11.4 Å². The standard InChI is InChI=1S/C21H14N4/c22-15-17-9-6-14-23-21(17)25-19-11-5-4-10-18(19)24-20(25)13-12-16-7-2-1-3-8-16/h1-14H. The van der Waals surface area contributed by atoms with Gasteiger partial charge < -0.3 is 0 Å². The van der Waals surface area contributed by atoms with Gasteiger partial charge in [0, 0.05) is 6.20 Å². The summed E-state index contributed by atoms with van der Waals surface area (Å²) in [5, 5.41) is 9.45. The summed E-state index contributed by atoms with van der Waals surface area (Å²) in [6, 6.07) is 23.6. The maximum Gasteiger partial charge on any atom is 0.156 e. The Kier molecular flexibility index (Phi) is 3.82. The van der Waals surface area contributed by atoms with E-state index < -0.39 is 0 Å². The minimum atomic E-state index is 0.514. The molecule has 0 aliphatic carbocycles. The number of benzene rings is 2. The number of para-hydroxylation sites is 2. The van der Waals surface area contributed by atoms with Gasteiger partial charge in [0.15, 0.2) is 5.82 Å². The first kappa shape index (κ1) is 14.9. The maximum absolute atomic E-state index is 9.45. The molecular formula is C21H14N4. The van der Waals surface area contributed by atoms with Crippen molar-refractivity contribution in [2.45, 2.75) is 0 Å². The molecule has 2 aromatic carbocycles. The molecule has 0 spiro atoms. The zero-order valence-corrected chi connectivity index (χ0v) is 13.4. The fourth-order valence-electron chi connectivity index (χ4n) is 2.78. The number of hydrogen-bond acceptors (Lipinski definition) is 3. The van der Waals surface area contributed by atoms with Crippen molar-refractivity contribution in [2.75, 3.05) is 0 Å². The van der Waals surface area contributed by atoms with E-state index in [-0.39, 0.29) is 0 Å². The Hall–Kier alpha value is -3.71. The maximum atomic E-state index is 9.45. The van der Waals surface area contributed by atoms with Crippen LogP contribution in [-0.4, -0.2) is 14.5 Å². The van der Waals surface area contributed by atoms with Crippen LogP contribution in [0.4, 0.5) is 0 Å². The summed E-state index contributed by atoms with van der Waals surface area (Å²) in [7, 11) is 0. The second-order valence-electron chi connectivity index (χ2n) is 5.52. The topological polar surface area (TPSA) is 54.5 Å². The van der Waals surface area contributed by atoms with E-state index in [4.69, 9.17) is 4.98 Å². The van der Waals surface area contributed by atoms with Crippen molar-refractivity contribution in [2.24, 2.45) is 0 Å². The zero-order valence-electron chi connectivity index (χ0n) is 13.4. The third kappa shape index (κ3) is 2.79. The second-order valence-corrected chi connectivity index (χ2v) is 5.52. The molecule has 0 bridgehead atoms. The van der Waals surface area contributed by atoms with Crippen molar-refractivity contribution in [3.05, 3.63) is 89.9 Å². The van der Waals surface area contributed by atoms with E-state index in [1.54, 1.807) is 18.3 Å². The first-order valence-corrected chi connectivity index (χ1v) is 7.93. The Morgan fingerprint density at radius 3 is 2.52 bits per heavy atom. The minimum absolute atomic E-state index is 0.514. The molecule has 0 saturated heterocycles. The monoisotopic (exact) mass is 322 g/mol. The van der Waals surface area contributed by atoms with E-state index >= 15 is 0 Å². The number of nitriles is 1. The molecule has 4 nitrogen and oxygen atoms in total. The van der Waals surface area contributed by atoms with Gasteiger partial charge in [0.2, 0.25) is 0 Å². The largest absolute Gasteiger partial charge is 0.276 e. The second kappa shape index (κ2) is 6.42. The first-order valence-electron chi connectivity index (χ1n) is 7.93. The van der Waals surface area contributed by atoms with Gasteiger partial charge in [-0.3, -0.25) is 4.57 Å². The smallest absolute Gasteiger partial charge is 0.156 e. The van der Waals surface area contributed by atoms with E-state index in [0.717, 1.165) is 22.4 Å². The van der Waals surface area contributed by atoms with Crippen molar-refractivity contribution >= 4 is 23.2 Å². The molecule has 4 heteroatoms. The lowest BCUT2D eigenvalue weighted by atomic mass is 10.2. The van der Waals surface area contributed by atoms with Crippen molar-refractivity contribution < 1.29 is 0 Å². The molecule has 0 atom stereocenters. The molecule has 4 aromatic rings. The Bertz CT molecular complexity index is 1100. The number of imidazole rings is 1. The number of pyridine rings is 1. The van der Waals surface area contributed by atoms with Gasteiger partial charge in [-0.15, -0.1) is 0 Å². The number of hydrogen-bond donors (Lipinski definition) is 0. The zero-order chi connectivity index (χ0) is 17.1. The van der Waals surface area contributed by atoms with E-state index in [2.05, 4.69) is 11.1 Å². The molecule has 0 aliphatic rings. The molecule has 25 heavy (non-hydrogen) atoms. The average Bonchev–Trinajstić information content (AvgIpc) is 3.05. The summed E-state index contributed by atoms with van der Waals surface area (Å²) in [6.45, 7) is 0. The summed E-state index contributed by atoms with van der Waals surface area (Å²) in [4.78, 5) is 9.13. The quantitative estimate of drug-likeness (QED) is 0.559. The molecule has 2 heterocycles. The summed E-state index contributed by atoms with van der Waals surface area (Å²) >= 11 is 0. The summed E-state index contributed by atoms with van der Waals surface area (Å²) in [6.07, 6.45) is 5.65. The van der Waals surface area contributed by atoms with Crippen LogP contribution in [0.25, 0.3) is 29.0 Å². The van der Waals surface area contributed by atoms with Crippen molar-refractivity contribution in [1.29, 1.82) is 5.26 Å². The molecule has 0 amide bonds. The van der Waals surface area contributed by atoms with Crippen LogP contribution in [0.3, 0.4) is 0 Å². The van der Waals surface area contributed by atoms with E-state index in [1.165, 1.54) is 0 Å². The molecule has 0 fully saturated rings. The van der Waals surface area contributed by atoms with Gasteiger partial charge in [-0.1, -0.05) is 48.5 Å². The molecular weight excluding hydrogens is 308 g/mol. The predicted molar refractivity (Wildman–Crippen MR) is 99.0 cm³/mol. The van der Waals surface area contributed by atoms with Crippen molar-refractivity contribution in [3.8, 4) is 11.9 Å². The summed E-state index contributed by atoms with van der Waals surface area (Å²) < 4.78 is 1.92. The van der Waals surface area contributed by atoms with E-state index in [9.17, 15) is 5.26 Å². The Morgan fingerprint density at radius 2 is 1.68 bits per heavy atom. The highest BCUT2D eigenvalue weighted by Gasteiger charge is 2.14. The van der Waals surface area contributed by atoms with Crippen molar-refractivity contribution in [3.63, 3.8) is 0 Å². The Balaban J connectivity index is 1.93. The molecule has 0 saturated carbocycles. The molecule has 2 aromatic heterocycles. The number of rotatable bonds is 3. The van der Waals surface area contributed by atoms with Crippen LogP contribution in [0.15, 0.2) is 72.9 Å². The Labute approximate surface area is 145 Å². The highest BCUT2D eigenvalue weighted by atomic mass is 15.1. The van der Waals surface area contributed by atoms with Gasteiger partial charge in [-0.25, -0.2) is 9.97 Å². The molecule has 0 N–H and O–H groups in total. The first-order chi connectivity index (χ1) is 12.4. The van der Waals surface area contributed by atoms with Gasteiger partial charge in [0.1, 0.15) is 11.9 Å². The lowest BCUT2D eigenvalue weighted by molar-refractivity contribution is 0.998. The average molecular weight is 322 g/mol. The number of nitrogens with zero attached hydrogens (tertiary/aromatic N) is 4. The highest BCUT2D eigenvalue weighted by Crippen LogP contribution is 2.23. The third-order valence-corrected chi connectivity index (χ3v) is 3.93. The lowest BCUT2D eigenvalue weighted by Gasteiger charge is -2.07. The van der Waals surface area contributed by atoms with Crippen LogP contribution in [-0.2, 0) is 0 Å². The summed E-state index contributed by atoms with van der Waals surface area (Å²) in [5.74, 6) is 1.33.